The van der Waals surface area contributed by atoms with E-state index in [9.17, 15) is 30.3 Å². The van der Waals surface area contributed by atoms with E-state index in [2.05, 4.69) is 0 Å². The van der Waals surface area contributed by atoms with Crippen LogP contribution in [-0.4, -0.2) is 73.5 Å². The lowest BCUT2D eigenvalue weighted by Crippen LogP contribution is -2.63. The lowest BCUT2D eigenvalue weighted by Gasteiger charge is -2.60. The molecule has 0 bridgehead atoms. The van der Waals surface area contributed by atoms with Crippen LogP contribution in [-0.2, 0) is 9.53 Å². The van der Waals surface area contributed by atoms with Crippen LogP contribution in [0.5, 0.6) is 0 Å². The fourth-order valence-electron chi connectivity index (χ4n) is 8.66. The molecule has 3 saturated carbocycles. The van der Waals surface area contributed by atoms with Crippen molar-refractivity contribution >= 4 is 5.78 Å². The topological polar surface area (TPSA) is 127 Å². The van der Waals surface area contributed by atoms with E-state index in [1.807, 2.05) is 13.8 Å². The standard InChI is InChI=1S/C28H46O7/c1-24(2,32)10-9-23(35-6)27(5,33)22-8-12-28(34)17-13-19(29)18-14-20(30)21(31)15-25(18,3)16(17)7-11-26(22,28)4/h13,16,18,20-23,30-34H,7-12,14-15H2,1-6H3/t16-,18-,20+,21-,22-,23+,25+,26+,27+,28+/m0/s1. The number of ketones is 1. The van der Waals surface area contributed by atoms with Gasteiger partial charge in [-0.25, -0.2) is 0 Å². The molecule has 0 amide bonds. The minimum atomic E-state index is -1.23. The van der Waals surface area contributed by atoms with E-state index < -0.39 is 45.9 Å². The largest absolute Gasteiger partial charge is 0.390 e. The average molecular weight is 495 g/mol. The molecule has 0 aromatic rings. The maximum atomic E-state index is 13.3. The van der Waals surface area contributed by atoms with Crippen molar-refractivity contribution in [3.63, 3.8) is 0 Å². The number of hydrogen-bond acceptors (Lipinski definition) is 7. The Balaban J connectivity index is 1.68. The zero-order valence-electron chi connectivity index (χ0n) is 22.3. The lowest BCUT2D eigenvalue weighted by molar-refractivity contribution is -0.181. The van der Waals surface area contributed by atoms with Gasteiger partial charge in [-0.1, -0.05) is 13.8 Å². The Bertz CT molecular complexity index is 875. The van der Waals surface area contributed by atoms with Gasteiger partial charge in [0.25, 0.3) is 0 Å². The third-order valence-electron chi connectivity index (χ3n) is 10.8. The van der Waals surface area contributed by atoms with Crippen molar-refractivity contribution < 1.29 is 35.1 Å². The van der Waals surface area contributed by atoms with Crippen LogP contribution < -0.4 is 0 Å². The van der Waals surface area contributed by atoms with Gasteiger partial charge in [-0.3, -0.25) is 4.79 Å². The van der Waals surface area contributed by atoms with Crippen molar-refractivity contribution in [2.24, 2.45) is 28.6 Å². The Hall–Kier alpha value is -0.830. The molecule has 0 heterocycles. The summed E-state index contributed by atoms with van der Waals surface area (Å²) in [5, 5.41) is 55.2. The highest BCUT2D eigenvalue weighted by molar-refractivity contribution is 5.95. The smallest absolute Gasteiger partial charge is 0.159 e. The Labute approximate surface area is 209 Å². The third-order valence-corrected chi connectivity index (χ3v) is 10.8. The first kappa shape index (κ1) is 27.2. The number of carbonyl (C=O) groups excluding carboxylic acids is 1. The number of ether oxygens (including phenoxy) is 1. The van der Waals surface area contributed by atoms with Gasteiger partial charge < -0.3 is 30.3 Å². The number of carbonyl (C=O) groups is 1. The molecule has 7 heteroatoms. The molecule has 0 aromatic carbocycles. The number of rotatable bonds is 6. The highest BCUT2D eigenvalue weighted by atomic mass is 16.5. The first-order chi connectivity index (χ1) is 16.0. The Morgan fingerprint density at radius 1 is 1.09 bits per heavy atom. The van der Waals surface area contributed by atoms with Crippen molar-refractivity contribution in [1.29, 1.82) is 0 Å². The SMILES string of the molecule is CO[C@H](CCC(C)(C)O)[C@](C)(O)[C@H]1CC[C@@]2(O)C3=CC(=O)[C@@H]4C[C@@H](O)[C@@H](O)C[C@]4(C)[C@H]3CC[C@]12C. The molecule has 0 saturated heterocycles. The maximum absolute atomic E-state index is 13.3. The van der Waals surface area contributed by atoms with Gasteiger partial charge in [0, 0.05) is 18.4 Å². The van der Waals surface area contributed by atoms with Gasteiger partial charge in [0.05, 0.1) is 35.1 Å². The molecule has 7 nitrogen and oxygen atoms in total. The molecular formula is C28H46O7. The molecule has 0 spiro atoms. The number of aliphatic hydroxyl groups excluding tert-OH is 2. The second-order valence-corrected chi connectivity index (χ2v) is 13.4. The minimum Gasteiger partial charge on any atom is -0.390 e. The van der Waals surface area contributed by atoms with E-state index in [4.69, 9.17) is 4.74 Å². The lowest BCUT2D eigenvalue weighted by atomic mass is 9.45. The second kappa shape index (κ2) is 8.60. The normalized spacial score (nSPS) is 46.2. The van der Waals surface area contributed by atoms with Gasteiger partial charge in [0.2, 0.25) is 0 Å². The van der Waals surface area contributed by atoms with Crippen LogP contribution in [0.25, 0.3) is 0 Å². The Morgan fingerprint density at radius 2 is 1.74 bits per heavy atom. The predicted molar refractivity (Wildman–Crippen MR) is 131 cm³/mol. The Morgan fingerprint density at radius 3 is 2.34 bits per heavy atom. The fraction of sp³-hybridized carbons (Fsp3) is 0.893. The summed E-state index contributed by atoms with van der Waals surface area (Å²) in [5.74, 6) is -0.740. The first-order valence-corrected chi connectivity index (χ1v) is 13.3. The van der Waals surface area contributed by atoms with Crippen molar-refractivity contribution in [3.05, 3.63) is 11.6 Å². The number of allylic oxidation sites excluding steroid dienone is 1. The monoisotopic (exact) mass is 494 g/mol. The van der Waals surface area contributed by atoms with Gasteiger partial charge in [-0.15, -0.1) is 0 Å². The molecule has 4 aliphatic rings. The molecule has 0 aromatic heterocycles. The summed E-state index contributed by atoms with van der Waals surface area (Å²) >= 11 is 0. The van der Waals surface area contributed by atoms with E-state index in [0.29, 0.717) is 38.5 Å². The van der Waals surface area contributed by atoms with E-state index in [0.717, 1.165) is 12.0 Å². The highest BCUT2D eigenvalue weighted by Crippen LogP contribution is 2.68. The number of fused-ring (bicyclic) bond motifs is 5. The van der Waals surface area contributed by atoms with Crippen LogP contribution in [0.1, 0.15) is 86.0 Å². The maximum Gasteiger partial charge on any atom is 0.159 e. The minimum absolute atomic E-state index is 0.0532. The van der Waals surface area contributed by atoms with Crippen molar-refractivity contribution in [3.8, 4) is 0 Å². The molecule has 0 radical (unpaired) electrons. The summed E-state index contributed by atoms with van der Waals surface area (Å²) in [6.45, 7) is 9.35. The molecular weight excluding hydrogens is 448 g/mol. The van der Waals surface area contributed by atoms with E-state index in [1.54, 1.807) is 34.0 Å². The van der Waals surface area contributed by atoms with E-state index >= 15 is 0 Å². The van der Waals surface area contributed by atoms with Gasteiger partial charge in [-0.2, -0.15) is 0 Å². The highest BCUT2D eigenvalue weighted by Gasteiger charge is 2.69. The number of aliphatic hydroxyl groups is 5. The molecule has 0 unspecified atom stereocenters. The van der Waals surface area contributed by atoms with Gasteiger partial charge in [0.15, 0.2) is 5.78 Å². The summed E-state index contributed by atoms with van der Waals surface area (Å²) in [7, 11) is 1.58. The second-order valence-electron chi connectivity index (χ2n) is 13.4. The zero-order chi connectivity index (χ0) is 26.2. The van der Waals surface area contributed by atoms with Crippen LogP contribution in [0, 0.1) is 28.6 Å². The molecule has 5 N–H and O–H groups in total. The number of hydrogen-bond donors (Lipinski definition) is 5. The fourth-order valence-corrected chi connectivity index (χ4v) is 8.66. The molecule has 35 heavy (non-hydrogen) atoms. The van der Waals surface area contributed by atoms with Crippen LogP contribution in [0.3, 0.4) is 0 Å². The summed E-state index contributed by atoms with van der Waals surface area (Å²) in [5.41, 5.74) is -3.75. The molecule has 3 fully saturated rings. The van der Waals surface area contributed by atoms with Crippen LogP contribution in [0.4, 0.5) is 0 Å². The van der Waals surface area contributed by atoms with Crippen LogP contribution in [0.2, 0.25) is 0 Å². The molecule has 4 aliphatic carbocycles. The zero-order valence-corrected chi connectivity index (χ0v) is 22.3. The van der Waals surface area contributed by atoms with Crippen molar-refractivity contribution in [1.82, 2.24) is 0 Å². The summed E-state index contributed by atoms with van der Waals surface area (Å²) in [6.07, 6.45) is 3.40. The van der Waals surface area contributed by atoms with Gasteiger partial charge in [0.1, 0.15) is 0 Å². The Kier molecular flexibility index (Phi) is 6.69. The molecule has 200 valence electrons. The third kappa shape index (κ3) is 4.05. The molecule has 10 atom stereocenters. The quantitative estimate of drug-likeness (QED) is 0.384. The summed E-state index contributed by atoms with van der Waals surface area (Å²) < 4.78 is 5.75. The molecule has 0 aliphatic heterocycles. The first-order valence-electron chi connectivity index (χ1n) is 13.3. The van der Waals surface area contributed by atoms with Crippen molar-refractivity contribution in [2.75, 3.05) is 7.11 Å². The van der Waals surface area contributed by atoms with Crippen LogP contribution in [0.15, 0.2) is 11.6 Å². The average Bonchev–Trinajstić information content (AvgIpc) is 3.02. The molecule has 4 rings (SSSR count). The van der Waals surface area contributed by atoms with Crippen LogP contribution >= 0.6 is 0 Å². The van der Waals surface area contributed by atoms with Gasteiger partial charge >= 0.3 is 0 Å². The van der Waals surface area contributed by atoms with E-state index in [1.165, 1.54) is 0 Å². The van der Waals surface area contributed by atoms with Gasteiger partial charge in [-0.05, 0) is 101 Å². The van der Waals surface area contributed by atoms with Crippen molar-refractivity contribution in [2.45, 2.75) is 121 Å². The predicted octanol–water partition coefficient (Wildman–Crippen LogP) is 2.51. The number of methoxy groups -OCH3 is 1. The summed E-state index contributed by atoms with van der Waals surface area (Å²) in [6, 6.07) is 0. The summed E-state index contributed by atoms with van der Waals surface area (Å²) in [4.78, 5) is 13.3. The van der Waals surface area contributed by atoms with E-state index in [-0.39, 0.29) is 30.0 Å².